The molecule has 0 unspecified atom stereocenters. The predicted octanol–water partition coefficient (Wildman–Crippen LogP) is 3.96. The largest absolute Gasteiger partial charge is 0.492 e. The molecule has 0 radical (unpaired) electrons. The normalized spacial score (nSPS) is 17.9. The Hall–Kier alpha value is -2.41. The van der Waals surface area contributed by atoms with E-state index in [-0.39, 0.29) is 5.91 Å². The Balaban J connectivity index is 1.26. The second kappa shape index (κ2) is 8.99. The molecule has 1 fully saturated rings. The zero-order valence-electron chi connectivity index (χ0n) is 18.0. The molecule has 2 aliphatic heterocycles. The van der Waals surface area contributed by atoms with Crippen LogP contribution in [0.15, 0.2) is 48.5 Å². The van der Waals surface area contributed by atoms with E-state index >= 15 is 0 Å². The molecule has 0 aliphatic carbocycles. The van der Waals surface area contributed by atoms with Gasteiger partial charge in [0, 0.05) is 74.4 Å². The number of benzene rings is 2. The van der Waals surface area contributed by atoms with E-state index in [0.29, 0.717) is 0 Å². The highest BCUT2D eigenvalue weighted by molar-refractivity contribution is 7.19. The number of fused-ring (bicyclic) bond motifs is 2. The van der Waals surface area contributed by atoms with Gasteiger partial charge in [0.05, 0.1) is 0 Å². The summed E-state index contributed by atoms with van der Waals surface area (Å²) < 4.78 is 7.42. The number of amides is 1. The van der Waals surface area contributed by atoms with Crippen LogP contribution < -0.4 is 4.74 Å². The van der Waals surface area contributed by atoms with E-state index in [2.05, 4.69) is 58.3 Å². The van der Waals surface area contributed by atoms with Gasteiger partial charge in [-0.1, -0.05) is 24.3 Å². The van der Waals surface area contributed by atoms with Crippen molar-refractivity contribution in [3.05, 3.63) is 64.5 Å². The van der Waals surface area contributed by atoms with Gasteiger partial charge in [-0.25, -0.2) is 0 Å². The highest BCUT2D eigenvalue weighted by atomic mass is 32.1. The van der Waals surface area contributed by atoms with Gasteiger partial charge in [-0.2, -0.15) is 0 Å². The van der Waals surface area contributed by atoms with Gasteiger partial charge in [0.1, 0.15) is 12.4 Å². The molecule has 1 amide bonds. The number of hydrogen-bond donors (Lipinski definition) is 0. The van der Waals surface area contributed by atoms with E-state index in [1.807, 2.05) is 16.2 Å². The highest BCUT2D eigenvalue weighted by Gasteiger charge is 2.20. The Labute approximate surface area is 187 Å². The quantitative estimate of drug-likeness (QED) is 0.622. The van der Waals surface area contributed by atoms with E-state index in [9.17, 15) is 4.79 Å². The minimum Gasteiger partial charge on any atom is -0.492 e. The third-order valence-electron chi connectivity index (χ3n) is 6.26. The summed E-state index contributed by atoms with van der Waals surface area (Å²) in [6.07, 6.45) is 0. The minimum absolute atomic E-state index is 0.181. The van der Waals surface area contributed by atoms with Gasteiger partial charge in [0.25, 0.3) is 0 Å². The molecule has 0 spiro atoms. The topological polar surface area (TPSA) is 36.0 Å². The van der Waals surface area contributed by atoms with E-state index in [0.717, 1.165) is 64.7 Å². The number of thiophene rings is 1. The van der Waals surface area contributed by atoms with Crippen molar-refractivity contribution in [2.75, 3.05) is 39.3 Å². The number of ether oxygens (including phenoxy) is 1. The summed E-state index contributed by atoms with van der Waals surface area (Å²) >= 11 is 1.89. The number of hydrogen-bond acceptors (Lipinski definition) is 5. The molecule has 1 aromatic heterocycles. The van der Waals surface area contributed by atoms with Crippen molar-refractivity contribution in [3.8, 4) is 5.75 Å². The summed E-state index contributed by atoms with van der Waals surface area (Å²) in [5, 5.41) is 1.33. The summed E-state index contributed by atoms with van der Waals surface area (Å²) in [6.45, 7) is 9.64. The van der Waals surface area contributed by atoms with Crippen molar-refractivity contribution in [2.24, 2.45) is 0 Å². The fourth-order valence-corrected chi connectivity index (χ4v) is 5.66. The maximum absolute atomic E-state index is 11.6. The molecule has 5 nitrogen and oxygen atoms in total. The molecule has 5 rings (SSSR count). The van der Waals surface area contributed by atoms with Crippen LogP contribution in [0.1, 0.15) is 22.9 Å². The Morgan fingerprint density at radius 3 is 2.61 bits per heavy atom. The molecule has 31 heavy (non-hydrogen) atoms. The molecule has 2 aromatic carbocycles. The van der Waals surface area contributed by atoms with Crippen LogP contribution in [-0.4, -0.2) is 59.9 Å². The first kappa shape index (κ1) is 20.5. The summed E-state index contributed by atoms with van der Waals surface area (Å²) in [6, 6.07) is 17.6. The van der Waals surface area contributed by atoms with Crippen molar-refractivity contribution >= 4 is 27.3 Å². The Morgan fingerprint density at radius 2 is 1.81 bits per heavy atom. The number of carbonyl (C=O) groups excluding carboxylic acids is 1. The average molecular weight is 436 g/mol. The fraction of sp³-hybridized carbons (Fsp3) is 0.400. The van der Waals surface area contributed by atoms with Crippen molar-refractivity contribution in [2.45, 2.75) is 26.6 Å². The lowest BCUT2D eigenvalue weighted by Crippen LogP contribution is -2.47. The SMILES string of the molecule is CC(=O)N1CCN(Cc2ccc3c(c2)CN(Cc2cc4ccccc4s2)CCO3)CC1. The van der Waals surface area contributed by atoms with E-state index in [1.54, 1.807) is 6.92 Å². The van der Waals surface area contributed by atoms with E-state index in [4.69, 9.17) is 4.74 Å². The monoisotopic (exact) mass is 435 g/mol. The van der Waals surface area contributed by atoms with Crippen LogP contribution in [0.2, 0.25) is 0 Å². The molecule has 162 valence electrons. The molecular formula is C25H29N3O2S. The summed E-state index contributed by atoms with van der Waals surface area (Å²) in [4.78, 5) is 19.8. The maximum atomic E-state index is 11.6. The molecule has 3 aromatic rings. The third kappa shape index (κ3) is 4.76. The van der Waals surface area contributed by atoms with Gasteiger partial charge < -0.3 is 9.64 Å². The van der Waals surface area contributed by atoms with Crippen LogP contribution in [0.25, 0.3) is 10.1 Å². The lowest BCUT2D eigenvalue weighted by molar-refractivity contribution is -0.130. The van der Waals surface area contributed by atoms with Gasteiger partial charge in [0.15, 0.2) is 0 Å². The molecule has 0 saturated carbocycles. The van der Waals surface area contributed by atoms with E-state index in [1.165, 1.54) is 26.1 Å². The molecule has 2 aliphatic rings. The average Bonchev–Trinajstić information content (AvgIpc) is 3.07. The van der Waals surface area contributed by atoms with Gasteiger partial charge >= 0.3 is 0 Å². The molecule has 0 atom stereocenters. The smallest absolute Gasteiger partial charge is 0.219 e. The maximum Gasteiger partial charge on any atom is 0.219 e. The highest BCUT2D eigenvalue weighted by Crippen LogP contribution is 2.29. The van der Waals surface area contributed by atoms with E-state index < -0.39 is 0 Å². The van der Waals surface area contributed by atoms with Crippen LogP contribution in [0.5, 0.6) is 5.75 Å². The summed E-state index contributed by atoms with van der Waals surface area (Å²) in [5.41, 5.74) is 2.60. The van der Waals surface area contributed by atoms with Crippen molar-refractivity contribution in [3.63, 3.8) is 0 Å². The minimum atomic E-state index is 0.181. The third-order valence-corrected chi connectivity index (χ3v) is 7.36. The van der Waals surface area contributed by atoms with Crippen molar-refractivity contribution in [1.82, 2.24) is 14.7 Å². The first-order valence-electron chi connectivity index (χ1n) is 11.1. The van der Waals surface area contributed by atoms with Gasteiger partial charge in [-0.15, -0.1) is 11.3 Å². The molecular weight excluding hydrogens is 406 g/mol. The van der Waals surface area contributed by atoms with Crippen molar-refractivity contribution < 1.29 is 9.53 Å². The fourth-order valence-electron chi connectivity index (χ4n) is 4.55. The van der Waals surface area contributed by atoms with Crippen LogP contribution in [0.4, 0.5) is 0 Å². The summed E-state index contributed by atoms with van der Waals surface area (Å²) in [5.74, 6) is 1.20. The lowest BCUT2D eigenvalue weighted by atomic mass is 10.1. The summed E-state index contributed by atoms with van der Waals surface area (Å²) in [7, 11) is 0. The number of rotatable bonds is 4. The Morgan fingerprint density at radius 1 is 0.968 bits per heavy atom. The lowest BCUT2D eigenvalue weighted by Gasteiger charge is -2.34. The standard InChI is InChI=1S/C25H29N3O2S/c1-19(29)28-10-8-26(9-11-28)16-20-6-7-24-22(14-20)17-27(12-13-30-24)18-23-15-21-4-2-3-5-25(21)31-23/h2-7,14-15H,8-13,16-18H2,1H3. The van der Waals surface area contributed by atoms with Crippen LogP contribution in [0, 0.1) is 0 Å². The number of piperazine rings is 1. The first-order valence-corrected chi connectivity index (χ1v) is 11.9. The van der Waals surface area contributed by atoms with Gasteiger partial charge in [0.2, 0.25) is 5.91 Å². The zero-order valence-corrected chi connectivity index (χ0v) is 18.9. The zero-order chi connectivity index (χ0) is 21.2. The van der Waals surface area contributed by atoms with Crippen LogP contribution in [0.3, 0.4) is 0 Å². The second-order valence-electron chi connectivity index (χ2n) is 8.53. The molecule has 0 N–H and O–H groups in total. The van der Waals surface area contributed by atoms with Crippen LogP contribution in [-0.2, 0) is 24.4 Å². The molecule has 6 heteroatoms. The second-order valence-corrected chi connectivity index (χ2v) is 9.70. The van der Waals surface area contributed by atoms with Crippen molar-refractivity contribution in [1.29, 1.82) is 0 Å². The molecule has 1 saturated heterocycles. The number of carbonyl (C=O) groups is 1. The van der Waals surface area contributed by atoms with Crippen LogP contribution >= 0.6 is 11.3 Å². The molecule has 0 bridgehead atoms. The Kier molecular flexibility index (Phi) is 5.94. The predicted molar refractivity (Wildman–Crippen MR) is 125 cm³/mol. The van der Waals surface area contributed by atoms with Gasteiger partial charge in [-0.05, 0) is 35.2 Å². The number of nitrogens with zero attached hydrogens (tertiary/aromatic N) is 3. The first-order chi connectivity index (χ1) is 15.1. The molecule has 3 heterocycles. The Bertz CT molecular complexity index is 1040. The van der Waals surface area contributed by atoms with Gasteiger partial charge in [-0.3, -0.25) is 14.6 Å².